The molecule has 0 aliphatic heterocycles. The topological polar surface area (TPSA) is 0 Å². The summed E-state index contributed by atoms with van der Waals surface area (Å²) >= 11 is 0. The monoisotopic (exact) mass is 388 g/mol. The molecule has 0 heterocycles. The Labute approximate surface area is 180 Å². The summed E-state index contributed by atoms with van der Waals surface area (Å²) < 4.78 is 0. The maximum Gasteiger partial charge on any atom is -0.0224 e. The van der Waals surface area contributed by atoms with E-state index in [1.165, 1.54) is 39.0 Å². The quantitative estimate of drug-likeness (QED) is 0.433. The molecule has 0 unspecified atom stereocenters. The zero-order valence-electron chi connectivity index (χ0n) is 18.6. The van der Waals surface area contributed by atoms with Gasteiger partial charge in [0.1, 0.15) is 0 Å². The van der Waals surface area contributed by atoms with Crippen molar-refractivity contribution < 1.29 is 0 Å². The van der Waals surface area contributed by atoms with E-state index >= 15 is 0 Å². The van der Waals surface area contributed by atoms with Gasteiger partial charge in [0.05, 0.1) is 0 Å². The summed E-state index contributed by atoms with van der Waals surface area (Å²) in [5.41, 5.74) is 10.5. The van der Waals surface area contributed by atoms with Crippen LogP contribution in [0.4, 0.5) is 0 Å². The lowest BCUT2D eigenvalue weighted by Crippen LogP contribution is -1.88. The average Bonchev–Trinajstić information content (AvgIpc) is 2.72. The van der Waals surface area contributed by atoms with Crippen molar-refractivity contribution in [3.63, 3.8) is 0 Å². The first kappa shape index (κ1) is 26.4. The van der Waals surface area contributed by atoms with E-state index in [2.05, 4.69) is 96.3 Å². The van der Waals surface area contributed by atoms with Gasteiger partial charge >= 0.3 is 0 Å². The number of hydrogen-bond acceptors (Lipinski definition) is 0. The van der Waals surface area contributed by atoms with Crippen LogP contribution in [0.2, 0.25) is 0 Å². The number of benzene rings is 2. The van der Waals surface area contributed by atoms with E-state index in [-0.39, 0.29) is 7.43 Å². The number of allylic oxidation sites excluding steroid dienone is 6. The molecule has 156 valence electrons. The molecular formula is C29H40. The highest BCUT2D eigenvalue weighted by atomic mass is 14.0. The molecule has 2 aromatic carbocycles. The molecule has 0 aliphatic carbocycles. The van der Waals surface area contributed by atoms with Crippen LogP contribution >= 0.6 is 0 Å². The van der Waals surface area contributed by atoms with Crippen molar-refractivity contribution >= 4 is 11.1 Å². The van der Waals surface area contributed by atoms with Crippen molar-refractivity contribution in [3.05, 3.63) is 107 Å². The number of rotatable bonds is 6. The van der Waals surface area contributed by atoms with Gasteiger partial charge in [0.15, 0.2) is 0 Å². The number of aryl methyl sites for hydroxylation is 3. The van der Waals surface area contributed by atoms with Crippen LogP contribution in [0, 0.1) is 6.92 Å². The number of hydrogen-bond donors (Lipinski definition) is 0. The third-order valence-corrected chi connectivity index (χ3v) is 5.09. The minimum absolute atomic E-state index is 0. The molecule has 0 heteroatoms. The zero-order chi connectivity index (χ0) is 21.1. The van der Waals surface area contributed by atoms with Crippen LogP contribution in [0.25, 0.3) is 11.1 Å². The van der Waals surface area contributed by atoms with Crippen LogP contribution in [0.1, 0.15) is 69.9 Å². The summed E-state index contributed by atoms with van der Waals surface area (Å²) in [5.74, 6) is 0. The molecular weight excluding hydrogens is 348 g/mol. The highest BCUT2D eigenvalue weighted by molar-refractivity contribution is 5.71. The van der Waals surface area contributed by atoms with Gasteiger partial charge in [0, 0.05) is 0 Å². The summed E-state index contributed by atoms with van der Waals surface area (Å²) in [6.45, 7) is 20.5. The Hall–Kier alpha value is -2.60. The predicted octanol–water partition coefficient (Wildman–Crippen LogP) is 9.01. The smallest absolute Gasteiger partial charge is 0.0224 e. The zero-order valence-corrected chi connectivity index (χ0v) is 18.6. The van der Waals surface area contributed by atoms with Crippen LogP contribution < -0.4 is 0 Å². The van der Waals surface area contributed by atoms with E-state index in [4.69, 9.17) is 0 Å². The molecule has 0 aliphatic rings. The van der Waals surface area contributed by atoms with Gasteiger partial charge in [-0.25, -0.2) is 0 Å². The van der Waals surface area contributed by atoms with E-state index in [1.807, 2.05) is 13.0 Å². The van der Waals surface area contributed by atoms with E-state index in [1.54, 1.807) is 6.08 Å². The van der Waals surface area contributed by atoms with Crippen molar-refractivity contribution in [1.82, 2.24) is 0 Å². The fourth-order valence-corrected chi connectivity index (χ4v) is 2.90. The summed E-state index contributed by atoms with van der Waals surface area (Å²) in [6, 6.07) is 15.3. The van der Waals surface area contributed by atoms with Crippen molar-refractivity contribution in [2.24, 2.45) is 0 Å². The predicted molar refractivity (Wildman–Crippen MR) is 135 cm³/mol. The lowest BCUT2D eigenvalue weighted by Gasteiger charge is -2.06. The van der Waals surface area contributed by atoms with Crippen molar-refractivity contribution in [3.8, 4) is 0 Å². The Balaban J connectivity index is 0.000000568. The van der Waals surface area contributed by atoms with Crippen LogP contribution in [-0.4, -0.2) is 0 Å². The van der Waals surface area contributed by atoms with Gasteiger partial charge < -0.3 is 0 Å². The van der Waals surface area contributed by atoms with E-state index in [0.29, 0.717) is 0 Å². The molecule has 0 fully saturated rings. The Morgan fingerprint density at radius 1 is 0.897 bits per heavy atom. The SMILES string of the molecule is C.C=C/C=C\C(C)=C(/C)c1ccc(C(=C)C)cc1.CCc1ccc(C)c(CC)c1. The fourth-order valence-electron chi connectivity index (χ4n) is 2.90. The lowest BCUT2D eigenvalue weighted by molar-refractivity contribution is 1.07. The second-order valence-corrected chi connectivity index (χ2v) is 7.23. The highest BCUT2D eigenvalue weighted by Gasteiger charge is 1.99. The molecule has 0 radical (unpaired) electrons. The van der Waals surface area contributed by atoms with E-state index in [9.17, 15) is 0 Å². The molecule has 0 saturated carbocycles. The Kier molecular flexibility index (Phi) is 12.3. The van der Waals surface area contributed by atoms with Crippen molar-refractivity contribution in [2.45, 2.75) is 61.8 Å². The lowest BCUT2D eigenvalue weighted by atomic mass is 9.99. The van der Waals surface area contributed by atoms with Crippen LogP contribution in [0.3, 0.4) is 0 Å². The normalized spacial score (nSPS) is 11.1. The molecule has 0 atom stereocenters. The maximum atomic E-state index is 3.94. The summed E-state index contributed by atoms with van der Waals surface area (Å²) in [6.07, 6.45) is 8.13. The molecule has 0 bridgehead atoms. The third kappa shape index (κ3) is 8.52. The molecule has 0 saturated heterocycles. The summed E-state index contributed by atoms with van der Waals surface area (Å²) in [4.78, 5) is 0. The first-order chi connectivity index (χ1) is 13.3. The first-order valence-electron chi connectivity index (χ1n) is 10.1. The van der Waals surface area contributed by atoms with Gasteiger partial charge in [0.2, 0.25) is 0 Å². The van der Waals surface area contributed by atoms with Gasteiger partial charge in [-0.3, -0.25) is 0 Å². The van der Waals surface area contributed by atoms with Gasteiger partial charge in [-0.1, -0.05) is 101 Å². The average molecular weight is 389 g/mol. The van der Waals surface area contributed by atoms with Crippen LogP contribution in [-0.2, 0) is 12.8 Å². The minimum atomic E-state index is 0. The summed E-state index contributed by atoms with van der Waals surface area (Å²) in [5, 5.41) is 0. The molecule has 0 spiro atoms. The maximum absolute atomic E-state index is 3.94. The highest BCUT2D eigenvalue weighted by Crippen LogP contribution is 2.21. The fraction of sp³-hybridized carbons (Fsp3) is 0.310. The molecule has 2 rings (SSSR count). The van der Waals surface area contributed by atoms with Crippen molar-refractivity contribution in [2.75, 3.05) is 0 Å². The van der Waals surface area contributed by atoms with Gasteiger partial charge in [-0.05, 0) is 79.5 Å². The van der Waals surface area contributed by atoms with Crippen molar-refractivity contribution in [1.29, 1.82) is 0 Å². The molecule has 0 nitrogen and oxygen atoms in total. The Bertz CT molecular complexity index is 842. The van der Waals surface area contributed by atoms with E-state index < -0.39 is 0 Å². The minimum Gasteiger partial charge on any atom is -0.0991 e. The Morgan fingerprint density at radius 3 is 1.97 bits per heavy atom. The van der Waals surface area contributed by atoms with Gasteiger partial charge in [-0.2, -0.15) is 0 Å². The molecule has 29 heavy (non-hydrogen) atoms. The largest absolute Gasteiger partial charge is 0.0991 e. The second kappa shape index (κ2) is 13.6. The standard InChI is InChI=1S/C17H20.C11H16.CH4/c1-6-7-8-14(4)15(5)17-11-9-16(10-12-17)13(2)3;1-4-10-7-6-9(3)11(5-2)8-10;/h6-12H,1-2H2,3-5H3;6-8H,4-5H2,1-3H3;1H4/b8-7-,15-14+;;. The third-order valence-electron chi connectivity index (χ3n) is 5.09. The molecule has 0 N–H and O–H groups in total. The molecule has 2 aromatic rings. The summed E-state index contributed by atoms with van der Waals surface area (Å²) in [7, 11) is 0. The van der Waals surface area contributed by atoms with Gasteiger partial charge in [-0.15, -0.1) is 0 Å². The second-order valence-electron chi connectivity index (χ2n) is 7.23. The van der Waals surface area contributed by atoms with Crippen LogP contribution in [0.15, 0.2) is 79.4 Å². The molecule has 0 amide bonds. The first-order valence-corrected chi connectivity index (χ1v) is 10.1. The van der Waals surface area contributed by atoms with Gasteiger partial charge in [0.25, 0.3) is 0 Å². The van der Waals surface area contributed by atoms with Crippen LogP contribution in [0.5, 0.6) is 0 Å². The van der Waals surface area contributed by atoms with E-state index in [0.717, 1.165) is 18.4 Å². The Morgan fingerprint density at radius 2 is 1.48 bits per heavy atom. The molecule has 0 aromatic heterocycles.